The van der Waals surface area contributed by atoms with E-state index in [1.54, 1.807) is 12.4 Å². The molecule has 2 N–H and O–H groups in total. The monoisotopic (exact) mass is 342 g/mol. The van der Waals surface area contributed by atoms with Gasteiger partial charge in [-0.15, -0.1) is 0 Å². The smallest absolute Gasteiger partial charge is 0.124 e. The largest absolute Gasteiger partial charge is 0.344 e. The van der Waals surface area contributed by atoms with E-state index in [-0.39, 0.29) is 0 Å². The molecule has 0 saturated carbocycles. The summed E-state index contributed by atoms with van der Waals surface area (Å²) in [6.45, 7) is 5.56. The van der Waals surface area contributed by atoms with Gasteiger partial charge in [0, 0.05) is 36.4 Å². The number of nitrogens with one attached hydrogen (secondary N) is 2. The van der Waals surface area contributed by atoms with Crippen LogP contribution in [0.15, 0.2) is 52.1 Å². The lowest BCUT2D eigenvalue weighted by atomic mass is 10.0. The van der Waals surface area contributed by atoms with Gasteiger partial charge in [0.15, 0.2) is 0 Å². The molecule has 0 aliphatic carbocycles. The van der Waals surface area contributed by atoms with Crippen LogP contribution in [0.4, 0.5) is 0 Å². The van der Waals surface area contributed by atoms with Crippen LogP contribution in [0.2, 0.25) is 0 Å². The Hall–Kier alpha value is -2.11. The Morgan fingerprint density at radius 3 is 2.75 bits per heavy atom. The van der Waals surface area contributed by atoms with Crippen LogP contribution in [0, 0.1) is 0 Å². The van der Waals surface area contributed by atoms with Gasteiger partial charge in [0.25, 0.3) is 0 Å². The van der Waals surface area contributed by atoms with Crippen molar-refractivity contribution < 1.29 is 0 Å². The van der Waals surface area contributed by atoms with Gasteiger partial charge in [-0.05, 0) is 44.2 Å². The molecule has 0 radical (unpaired) electrons. The van der Waals surface area contributed by atoms with Crippen LogP contribution < -0.4 is 10.6 Å². The topological polar surface area (TPSA) is 48.8 Å². The zero-order valence-electron chi connectivity index (χ0n) is 14.8. The van der Waals surface area contributed by atoms with Gasteiger partial charge >= 0.3 is 0 Å². The average Bonchev–Trinajstić information content (AvgIpc) is 2.60. The third kappa shape index (κ3) is 6.56. The number of likely N-dealkylation sites (N-methyl/N-ethyl adjacent to an activating group) is 1. The summed E-state index contributed by atoms with van der Waals surface area (Å²) in [6.07, 6.45) is 5.79. The Bertz CT molecular complexity index is 657. The number of amidine groups is 1. The van der Waals surface area contributed by atoms with Gasteiger partial charge < -0.3 is 10.6 Å². The Balaban J connectivity index is 3.17. The first kappa shape index (κ1) is 19.9. The van der Waals surface area contributed by atoms with E-state index in [4.69, 9.17) is 12.2 Å². The van der Waals surface area contributed by atoms with Crippen molar-refractivity contribution in [3.8, 4) is 0 Å². The number of thiocarbonyl (C=S) groups is 1. The fourth-order valence-corrected chi connectivity index (χ4v) is 2.28. The molecule has 1 rings (SSSR count). The third-order valence-electron chi connectivity index (χ3n) is 3.28. The van der Waals surface area contributed by atoms with Crippen LogP contribution in [0.25, 0.3) is 5.57 Å². The van der Waals surface area contributed by atoms with Crippen LogP contribution in [-0.2, 0) is 0 Å². The van der Waals surface area contributed by atoms with E-state index >= 15 is 0 Å². The Labute approximate surface area is 150 Å². The van der Waals surface area contributed by atoms with Gasteiger partial charge in [0.05, 0.1) is 6.54 Å². The quantitative estimate of drug-likeness (QED) is 0.330. The van der Waals surface area contributed by atoms with Crippen LogP contribution in [0.1, 0.15) is 25.0 Å². The molecule has 0 atom stereocenters. The van der Waals surface area contributed by atoms with Gasteiger partial charge in [0.1, 0.15) is 5.84 Å². The van der Waals surface area contributed by atoms with Crippen molar-refractivity contribution in [3.05, 3.63) is 53.2 Å². The second kappa shape index (κ2) is 11.4. The van der Waals surface area contributed by atoms with Crippen molar-refractivity contribution >= 4 is 35.2 Å². The fourth-order valence-electron chi connectivity index (χ4n) is 2.14. The summed E-state index contributed by atoms with van der Waals surface area (Å²) in [5.74, 6) is 0.832. The normalized spacial score (nSPS) is 13.4. The SMILES string of the molecule is C/C=C\C(=NCCNC)N/C(C)=C(/C=NC)c1cccc(C=S)c1. The maximum atomic E-state index is 5.03. The average molecular weight is 343 g/mol. The summed E-state index contributed by atoms with van der Waals surface area (Å²) in [5, 5.41) is 8.16. The summed E-state index contributed by atoms with van der Waals surface area (Å²) in [7, 11) is 3.69. The minimum Gasteiger partial charge on any atom is -0.344 e. The second-order valence-corrected chi connectivity index (χ2v) is 5.40. The molecule has 0 bridgehead atoms. The maximum absolute atomic E-state index is 5.03. The third-order valence-corrected chi connectivity index (χ3v) is 3.55. The lowest BCUT2D eigenvalue weighted by Gasteiger charge is -2.12. The lowest BCUT2D eigenvalue weighted by molar-refractivity contribution is 0.800. The second-order valence-electron chi connectivity index (χ2n) is 5.16. The van der Waals surface area contributed by atoms with Crippen molar-refractivity contribution in [3.63, 3.8) is 0 Å². The summed E-state index contributed by atoms with van der Waals surface area (Å²) >= 11 is 5.03. The van der Waals surface area contributed by atoms with Gasteiger partial charge in [-0.1, -0.05) is 36.5 Å². The standard InChI is InChI=1S/C19H26N4S/c1-5-7-19(22-11-10-20-3)23-15(2)18(13-21-4)17-9-6-8-16(12-17)14-24/h5-9,12-14,20H,10-11H2,1-4H3,(H,22,23)/b7-5-,18-15-,21-13?. The van der Waals surface area contributed by atoms with E-state index in [9.17, 15) is 0 Å². The van der Waals surface area contributed by atoms with Crippen molar-refractivity contribution in [2.45, 2.75) is 13.8 Å². The van der Waals surface area contributed by atoms with Gasteiger partial charge in [-0.3, -0.25) is 9.98 Å². The molecule has 0 spiro atoms. The fraction of sp³-hybridized carbons (Fsp3) is 0.316. The Morgan fingerprint density at radius 2 is 2.12 bits per heavy atom. The highest BCUT2D eigenvalue weighted by molar-refractivity contribution is 7.79. The van der Waals surface area contributed by atoms with E-state index in [0.29, 0.717) is 6.54 Å². The predicted molar refractivity (Wildman–Crippen MR) is 110 cm³/mol. The van der Waals surface area contributed by atoms with Crippen LogP contribution >= 0.6 is 12.2 Å². The molecule has 0 amide bonds. The molecule has 0 saturated heterocycles. The molecule has 128 valence electrons. The summed E-state index contributed by atoms with van der Waals surface area (Å²) in [6, 6.07) is 8.10. The van der Waals surface area contributed by atoms with Crippen LogP contribution in [-0.4, -0.2) is 44.6 Å². The number of hydrogen-bond donors (Lipinski definition) is 2. The first-order valence-electron chi connectivity index (χ1n) is 7.93. The molecule has 0 aliphatic rings. The van der Waals surface area contributed by atoms with E-state index in [1.165, 1.54) is 0 Å². The minimum atomic E-state index is 0.716. The van der Waals surface area contributed by atoms with Gasteiger partial charge in [-0.2, -0.15) is 0 Å². The highest BCUT2D eigenvalue weighted by Gasteiger charge is 2.06. The van der Waals surface area contributed by atoms with E-state index in [2.05, 4.69) is 32.8 Å². The first-order valence-corrected chi connectivity index (χ1v) is 8.40. The highest BCUT2D eigenvalue weighted by atomic mass is 32.1. The number of rotatable bonds is 8. The highest BCUT2D eigenvalue weighted by Crippen LogP contribution is 2.17. The van der Waals surface area contributed by atoms with Crippen molar-refractivity contribution in [2.75, 3.05) is 27.2 Å². The van der Waals surface area contributed by atoms with E-state index in [1.807, 2.05) is 51.4 Å². The Kier molecular flexibility index (Phi) is 9.49. The van der Waals surface area contributed by atoms with E-state index < -0.39 is 0 Å². The number of hydrogen-bond acceptors (Lipinski definition) is 4. The number of benzene rings is 1. The van der Waals surface area contributed by atoms with E-state index in [0.717, 1.165) is 34.8 Å². The predicted octanol–water partition coefficient (Wildman–Crippen LogP) is 3.25. The summed E-state index contributed by atoms with van der Waals surface area (Å²) < 4.78 is 0. The molecule has 4 nitrogen and oxygen atoms in total. The molecule has 0 aromatic heterocycles. The number of aliphatic imine (C=N–C) groups is 2. The molecule has 0 unspecified atom stereocenters. The molecular weight excluding hydrogens is 316 g/mol. The van der Waals surface area contributed by atoms with Crippen molar-refractivity contribution in [1.82, 2.24) is 10.6 Å². The molecule has 0 fully saturated rings. The zero-order valence-corrected chi connectivity index (χ0v) is 15.7. The molecule has 0 heterocycles. The van der Waals surface area contributed by atoms with Crippen LogP contribution in [0.3, 0.4) is 0 Å². The molecule has 5 heteroatoms. The molecule has 1 aromatic carbocycles. The molecule has 1 aromatic rings. The number of allylic oxidation sites excluding steroid dienone is 3. The van der Waals surface area contributed by atoms with Crippen LogP contribution in [0.5, 0.6) is 0 Å². The lowest BCUT2D eigenvalue weighted by Crippen LogP contribution is -2.22. The molecule has 0 aliphatic heterocycles. The minimum absolute atomic E-state index is 0.716. The van der Waals surface area contributed by atoms with Gasteiger partial charge in [0.2, 0.25) is 0 Å². The Morgan fingerprint density at radius 1 is 1.33 bits per heavy atom. The van der Waals surface area contributed by atoms with Gasteiger partial charge in [-0.25, -0.2) is 0 Å². The molecule has 24 heavy (non-hydrogen) atoms. The molecular formula is C19H26N4S. The summed E-state index contributed by atoms with van der Waals surface area (Å²) in [5.41, 5.74) is 4.08. The zero-order chi connectivity index (χ0) is 17.8. The maximum Gasteiger partial charge on any atom is 0.124 e. The number of nitrogens with zero attached hydrogens (tertiary/aromatic N) is 2. The van der Waals surface area contributed by atoms with Crippen molar-refractivity contribution in [1.29, 1.82) is 0 Å². The first-order chi connectivity index (χ1) is 11.7. The van der Waals surface area contributed by atoms with Crippen molar-refractivity contribution in [2.24, 2.45) is 9.98 Å². The summed E-state index contributed by atoms with van der Waals surface area (Å²) in [4.78, 5) is 8.76.